The lowest BCUT2D eigenvalue weighted by atomic mass is 10.1. The number of thiophene rings is 2. The number of unbranched alkanes of at least 4 members (excludes halogenated alkanes) is 6. The number of hydrogen-bond acceptors (Lipinski definition) is 7. The van der Waals surface area contributed by atoms with E-state index in [9.17, 15) is 4.79 Å². The van der Waals surface area contributed by atoms with Gasteiger partial charge < -0.3 is 19.3 Å². The molecule has 0 aliphatic carbocycles. The molecule has 4 aromatic carbocycles. The lowest BCUT2D eigenvalue weighted by molar-refractivity contribution is 0.112. The van der Waals surface area contributed by atoms with Crippen molar-refractivity contribution in [1.82, 2.24) is 0 Å². The average molecular weight is 911 g/mol. The molecular formula is C58H74N2O3S2. The summed E-state index contributed by atoms with van der Waals surface area (Å²) in [6.07, 6.45) is 21.6. The summed E-state index contributed by atoms with van der Waals surface area (Å²) in [6, 6.07) is 42.0. The van der Waals surface area contributed by atoms with Gasteiger partial charge in [-0.2, -0.15) is 0 Å². The van der Waals surface area contributed by atoms with Crippen molar-refractivity contribution in [2.45, 2.75) is 113 Å². The molecule has 0 aliphatic heterocycles. The van der Waals surface area contributed by atoms with E-state index in [0.717, 1.165) is 70.4 Å². The number of carbonyl (C=O) groups excluding carboxylic acids is 1. The van der Waals surface area contributed by atoms with Gasteiger partial charge in [-0.05, 0) is 109 Å². The highest BCUT2D eigenvalue weighted by Gasteiger charge is 2.13. The summed E-state index contributed by atoms with van der Waals surface area (Å²) in [4.78, 5) is 19.1. The second kappa shape index (κ2) is 30.7. The zero-order valence-electron chi connectivity index (χ0n) is 38.8. The van der Waals surface area contributed by atoms with E-state index in [4.69, 9.17) is 9.47 Å². The van der Waals surface area contributed by atoms with E-state index in [0.29, 0.717) is 13.2 Å². The minimum absolute atomic E-state index is 0. The number of hydrogen-bond donors (Lipinski definition) is 0. The Bertz CT molecular complexity index is 2230. The van der Waals surface area contributed by atoms with E-state index < -0.39 is 0 Å². The predicted molar refractivity (Wildman–Crippen MR) is 286 cm³/mol. The van der Waals surface area contributed by atoms with Gasteiger partial charge in [0, 0.05) is 70.6 Å². The Labute approximate surface area is 400 Å². The maximum atomic E-state index is 11.0. The van der Waals surface area contributed by atoms with Crippen LogP contribution in [0.4, 0.5) is 11.4 Å². The van der Waals surface area contributed by atoms with E-state index in [2.05, 4.69) is 152 Å². The second-order valence-electron chi connectivity index (χ2n) is 16.1. The lowest BCUT2D eigenvalue weighted by Crippen LogP contribution is -2.25. The van der Waals surface area contributed by atoms with E-state index in [1.807, 2.05) is 36.4 Å². The van der Waals surface area contributed by atoms with Gasteiger partial charge in [0.2, 0.25) is 0 Å². The smallest absolute Gasteiger partial charge is 0.160 e. The van der Waals surface area contributed by atoms with Crippen LogP contribution >= 0.6 is 22.7 Å². The van der Waals surface area contributed by atoms with E-state index in [1.165, 1.54) is 97.4 Å². The maximum absolute atomic E-state index is 11.0. The average Bonchev–Trinajstić information content (AvgIpc) is 4.05. The molecule has 346 valence electrons. The Balaban J connectivity index is 0.000000281. The summed E-state index contributed by atoms with van der Waals surface area (Å²) in [7, 11) is 0. The Kier molecular flexibility index (Phi) is 24.7. The molecule has 0 N–H and O–H groups in total. The summed E-state index contributed by atoms with van der Waals surface area (Å²) in [6.45, 7) is 14.5. The minimum atomic E-state index is 0. The van der Waals surface area contributed by atoms with Crippen molar-refractivity contribution in [1.29, 1.82) is 0 Å². The zero-order valence-corrected chi connectivity index (χ0v) is 40.4. The highest BCUT2D eigenvalue weighted by atomic mass is 32.1. The molecule has 6 rings (SSSR count). The number of ether oxygens (including phenoxy) is 2. The standard InChI is InChI=1S/C29H35NO2S.C28H35NOS.CH4/c1-3-5-10-20-30(19-6-4-2)26-15-13-25(14-16-27-17-18-28(22-31)33-27)29(21-26)32-23-24-11-8-7-9-12-24;1-3-5-10-20-29(19-6-4-2)26-17-15-25(16-18-27-14-11-21-31-27)28(22-26)30-23-24-12-8-7-9-13-24;/h7-9,11-18,21-22H,3-6,10,19-20,23H2,1-2H3;7-9,11-18,21-22H,3-6,10,19-20,23H2,1-2H3;1H4/b16-14+;;. The third-order valence-corrected chi connectivity index (χ3v) is 12.8. The predicted octanol–water partition coefficient (Wildman–Crippen LogP) is 17.0. The summed E-state index contributed by atoms with van der Waals surface area (Å²) < 4.78 is 12.7. The summed E-state index contributed by atoms with van der Waals surface area (Å²) in [5.74, 6) is 1.84. The number of carbonyl (C=O) groups is 1. The van der Waals surface area contributed by atoms with Crippen LogP contribution in [0.3, 0.4) is 0 Å². The highest BCUT2D eigenvalue weighted by molar-refractivity contribution is 7.14. The van der Waals surface area contributed by atoms with Gasteiger partial charge in [-0.3, -0.25) is 4.79 Å². The number of aldehydes is 1. The molecule has 0 amide bonds. The molecule has 7 heteroatoms. The monoisotopic (exact) mass is 911 g/mol. The molecule has 2 aromatic heterocycles. The molecule has 0 saturated heterocycles. The largest absolute Gasteiger partial charge is 0.488 e. The minimum Gasteiger partial charge on any atom is -0.488 e. The van der Waals surface area contributed by atoms with Crippen LogP contribution in [-0.4, -0.2) is 32.5 Å². The highest BCUT2D eigenvalue weighted by Crippen LogP contribution is 2.31. The Morgan fingerprint density at radius 1 is 0.477 bits per heavy atom. The van der Waals surface area contributed by atoms with Crippen LogP contribution in [0.25, 0.3) is 24.3 Å². The van der Waals surface area contributed by atoms with Crippen molar-refractivity contribution in [3.05, 3.63) is 164 Å². The van der Waals surface area contributed by atoms with Gasteiger partial charge in [0.15, 0.2) is 6.29 Å². The molecule has 0 spiro atoms. The van der Waals surface area contributed by atoms with Crippen LogP contribution in [0, 0.1) is 0 Å². The molecule has 6 aromatic rings. The third kappa shape index (κ3) is 18.6. The van der Waals surface area contributed by atoms with E-state index in [1.54, 1.807) is 11.3 Å². The first-order valence-corrected chi connectivity index (χ1v) is 25.3. The molecule has 0 unspecified atom stereocenters. The maximum Gasteiger partial charge on any atom is 0.160 e. The fourth-order valence-corrected chi connectivity index (χ4v) is 8.58. The molecule has 0 bridgehead atoms. The van der Waals surface area contributed by atoms with Gasteiger partial charge in [-0.25, -0.2) is 0 Å². The number of anilines is 2. The van der Waals surface area contributed by atoms with Crippen molar-refractivity contribution in [2.24, 2.45) is 0 Å². The zero-order chi connectivity index (χ0) is 45.0. The normalized spacial score (nSPS) is 11.0. The van der Waals surface area contributed by atoms with Crippen molar-refractivity contribution >= 4 is 64.6 Å². The Morgan fingerprint density at radius 3 is 1.37 bits per heavy atom. The van der Waals surface area contributed by atoms with Gasteiger partial charge >= 0.3 is 0 Å². The molecule has 65 heavy (non-hydrogen) atoms. The Hall–Kier alpha value is -5.37. The van der Waals surface area contributed by atoms with E-state index >= 15 is 0 Å². The molecule has 5 nitrogen and oxygen atoms in total. The van der Waals surface area contributed by atoms with E-state index in [-0.39, 0.29) is 7.43 Å². The molecule has 0 radical (unpaired) electrons. The molecular weight excluding hydrogens is 837 g/mol. The number of nitrogens with zero attached hydrogens (tertiary/aromatic N) is 2. The first kappa shape index (κ1) is 52.3. The summed E-state index contributed by atoms with van der Waals surface area (Å²) in [5, 5.41) is 2.11. The van der Waals surface area contributed by atoms with Gasteiger partial charge in [0.05, 0.1) is 4.88 Å². The van der Waals surface area contributed by atoms with Gasteiger partial charge in [-0.1, -0.05) is 140 Å². The molecule has 0 fully saturated rings. The fourth-order valence-electron chi connectivity index (χ4n) is 7.23. The SMILES string of the molecule is C.CCCCCN(CCCC)c1ccc(/C=C/c2ccc(C=O)s2)c(OCc2ccccc2)c1.CCCCCN(CCCC)c1ccc(C=Cc2cccs2)c(OCc2ccccc2)c1. The molecule has 0 aliphatic rings. The lowest BCUT2D eigenvalue weighted by Gasteiger charge is -2.26. The van der Waals surface area contributed by atoms with Crippen LogP contribution in [0.5, 0.6) is 11.5 Å². The van der Waals surface area contributed by atoms with Crippen LogP contribution in [-0.2, 0) is 13.2 Å². The number of benzene rings is 4. The molecule has 0 atom stereocenters. The third-order valence-electron chi connectivity index (χ3n) is 11.0. The van der Waals surface area contributed by atoms with Crippen LogP contribution in [0.15, 0.2) is 127 Å². The van der Waals surface area contributed by atoms with Crippen LogP contribution in [0.1, 0.15) is 141 Å². The number of rotatable bonds is 27. The summed E-state index contributed by atoms with van der Waals surface area (Å²) >= 11 is 3.24. The van der Waals surface area contributed by atoms with Crippen LogP contribution in [0.2, 0.25) is 0 Å². The van der Waals surface area contributed by atoms with Crippen molar-refractivity contribution < 1.29 is 14.3 Å². The first-order valence-electron chi connectivity index (χ1n) is 23.6. The van der Waals surface area contributed by atoms with Gasteiger partial charge in [0.25, 0.3) is 0 Å². The van der Waals surface area contributed by atoms with Gasteiger partial charge in [-0.15, -0.1) is 22.7 Å². The Morgan fingerprint density at radius 2 is 0.938 bits per heavy atom. The quantitative estimate of drug-likeness (QED) is 0.0380. The van der Waals surface area contributed by atoms with Crippen molar-refractivity contribution in [3.8, 4) is 11.5 Å². The van der Waals surface area contributed by atoms with Crippen molar-refractivity contribution in [2.75, 3.05) is 36.0 Å². The van der Waals surface area contributed by atoms with Gasteiger partial charge in [0.1, 0.15) is 24.7 Å². The molecule has 2 heterocycles. The first-order chi connectivity index (χ1) is 31.5. The van der Waals surface area contributed by atoms with Crippen molar-refractivity contribution in [3.63, 3.8) is 0 Å². The summed E-state index contributed by atoms with van der Waals surface area (Å²) in [5.41, 5.74) is 6.99. The van der Waals surface area contributed by atoms with Crippen LogP contribution < -0.4 is 19.3 Å². The fraction of sp³-hybridized carbons (Fsp3) is 0.362. The second-order valence-corrected chi connectivity index (χ2v) is 18.3. The molecule has 0 saturated carbocycles. The topological polar surface area (TPSA) is 42.0 Å².